The van der Waals surface area contributed by atoms with Crippen LogP contribution in [0.25, 0.3) is 11.3 Å². The molecule has 4 rings (SSSR count). The van der Waals surface area contributed by atoms with E-state index in [0.29, 0.717) is 49.7 Å². The zero-order valence-corrected chi connectivity index (χ0v) is 18.8. The molecule has 10 heteroatoms. The first-order chi connectivity index (χ1) is 15.4. The van der Waals surface area contributed by atoms with Crippen LogP contribution in [0.1, 0.15) is 17.0 Å². The first kappa shape index (κ1) is 21.7. The third-order valence-electron chi connectivity index (χ3n) is 5.19. The minimum atomic E-state index is -0.665. The summed E-state index contributed by atoms with van der Waals surface area (Å²) in [6.45, 7) is 0. The summed E-state index contributed by atoms with van der Waals surface area (Å²) < 4.78 is 22.1. The van der Waals surface area contributed by atoms with Crippen LogP contribution in [0, 0.1) is 11.3 Å². The fourth-order valence-corrected chi connectivity index (χ4v) is 4.00. The molecule has 164 valence electrons. The third kappa shape index (κ3) is 3.45. The Morgan fingerprint density at radius 2 is 1.72 bits per heavy atom. The Bertz CT molecular complexity index is 1280. The average molecular weight is 473 g/mol. The van der Waals surface area contributed by atoms with E-state index in [1.54, 1.807) is 30.3 Å². The Hall–Kier alpha value is -3.54. The molecule has 2 heterocycles. The number of fused-ring (bicyclic) bond motifs is 1. The van der Waals surface area contributed by atoms with Gasteiger partial charge in [-0.1, -0.05) is 29.3 Å². The number of ether oxygens (including phenoxy) is 4. The second-order valence-corrected chi connectivity index (χ2v) is 7.63. The highest BCUT2D eigenvalue weighted by molar-refractivity contribution is 6.42. The van der Waals surface area contributed by atoms with Gasteiger partial charge >= 0.3 is 0 Å². The SMILES string of the molecule is COc1cc(OC)c(C2C(C#N)=C(N)Oc3n[nH]c(-c4ccc(Cl)c(Cl)c4)c32)cc1OC. The van der Waals surface area contributed by atoms with Crippen LogP contribution in [0.5, 0.6) is 23.1 Å². The number of H-pyrrole nitrogens is 1. The number of methoxy groups -OCH3 is 3. The molecule has 0 aliphatic carbocycles. The van der Waals surface area contributed by atoms with E-state index in [1.165, 1.54) is 21.3 Å². The summed E-state index contributed by atoms with van der Waals surface area (Å²) in [6, 6.07) is 10.8. The number of benzene rings is 2. The van der Waals surface area contributed by atoms with Gasteiger partial charge in [0.1, 0.15) is 17.4 Å². The largest absolute Gasteiger partial charge is 0.496 e. The van der Waals surface area contributed by atoms with E-state index in [4.69, 9.17) is 47.9 Å². The van der Waals surface area contributed by atoms with Crippen LogP contribution in [-0.2, 0) is 0 Å². The van der Waals surface area contributed by atoms with Crippen molar-refractivity contribution in [1.29, 1.82) is 5.26 Å². The average Bonchev–Trinajstić information content (AvgIpc) is 3.22. The summed E-state index contributed by atoms with van der Waals surface area (Å²) in [7, 11) is 4.58. The standard InChI is InChI=1S/C22H18Cl2N4O4/c1-29-15-8-17(31-3)16(30-2)7-11(15)18-12(9-25)21(26)32-22-19(18)20(27-28-22)10-4-5-13(23)14(24)6-10/h4-8,18H,26H2,1-3H3,(H,27,28). The fraction of sp³-hybridized carbons (Fsp3) is 0.182. The molecule has 2 aromatic carbocycles. The second kappa shape index (κ2) is 8.54. The van der Waals surface area contributed by atoms with Gasteiger partial charge in [-0.15, -0.1) is 5.10 Å². The van der Waals surface area contributed by atoms with Gasteiger partial charge in [0.15, 0.2) is 11.5 Å². The topological polar surface area (TPSA) is 115 Å². The van der Waals surface area contributed by atoms with Gasteiger partial charge in [-0.25, -0.2) is 0 Å². The molecule has 1 unspecified atom stereocenters. The number of allylic oxidation sites excluding steroid dienone is 1. The van der Waals surface area contributed by atoms with Crippen LogP contribution in [0.15, 0.2) is 41.8 Å². The molecule has 1 aliphatic rings. The van der Waals surface area contributed by atoms with Crippen LogP contribution < -0.4 is 24.7 Å². The number of rotatable bonds is 5. The van der Waals surface area contributed by atoms with Crippen LogP contribution in [0.2, 0.25) is 10.0 Å². The molecule has 8 nitrogen and oxygen atoms in total. The smallest absolute Gasteiger partial charge is 0.244 e. The number of nitrogens with two attached hydrogens (primary N) is 1. The number of nitrogens with one attached hydrogen (secondary N) is 1. The van der Waals surface area contributed by atoms with Gasteiger partial charge in [-0.05, 0) is 18.2 Å². The van der Waals surface area contributed by atoms with Gasteiger partial charge in [0, 0.05) is 17.2 Å². The first-order valence-corrected chi connectivity index (χ1v) is 10.1. The highest BCUT2D eigenvalue weighted by Gasteiger charge is 2.38. The normalized spacial score (nSPS) is 14.9. The van der Waals surface area contributed by atoms with Crippen molar-refractivity contribution in [2.45, 2.75) is 5.92 Å². The lowest BCUT2D eigenvalue weighted by Crippen LogP contribution is -2.21. The summed E-state index contributed by atoms with van der Waals surface area (Å²) >= 11 is 12.3. The van der Waals surface area contributed by atoms with E-state index in [0.717, 1.165) is 0 Å². The zero-order valence-electron chi connectivity index (χ0n) is 17.3. The number of hydrogen-bond acceptors (Lipinski definition) is 7. The number of nitrogens with zero attached hydrogens (tertiary/aromatic N) is 2. The number of halogens is 2. The quantitative estimate of drug-likeness (QED) is 0.555. The summed E-state index contributed by atoms with van der Waals surface area (Å²) in [5, 5.41) is 18.0. The number of aromatic amines is 1. The van der Waals surface area contributed by atoms with E-state index >= 15 is 0 Å². The molecule has 0 spiro atoms. The van der Waals surface area contributed by atoms with E-state index in [9.17, 15) is 5.26 Å². The molecule has 3 N–H and O–H groups in total. The Morgan fingerprint density at radius 3 is 2.34 bits per heavy atom. The molecule has 0 saturated heterocycles. The van der Waals surface area contributed by atoms with Crippen LogP contribution in [0.3, 0.4) is 0 Å². The highest BCUT2D eigenvalue weighted by Crippen LogP contribution is 2.50. The first-order valence-electron chi connectivity index (χ1n) is 9.34. The lowest BCUT2D eigenvalue weighted by Gasteiger charge is -2.26. The van der Waals surface area contributed by atoms with Crippen LogP contribution in [-0.4, -0.2) is 31.5 Å². The Balaban J connectivity index is 2.01. The molecule has 0 bridgehead atoms. The van der Waals surface area contributed by atoms with Crippen molar-refractivity contribution in [3.05, 3.63) is 63.0 Å². The van der Waals surface area contributed by atoms with Crippen molar-refractivity contribution in [3.63, 3.8) is 0 Å². The molecule has 1 aliphatic heterocycles. The van der Waals surface area contributed by atoms with Gasteiger partial charge in [-0.2, -0.15) is 5.26 Å². The summed E-state index contributed by atoms with van der Waals surface area (Å²) in [5.74, 6) is 0.946. The van der Waals surface area contributed by atoms with E-state index < -0.39 is 5.92 Å². The Morgan fingerprint density at radius 1 is 1.03 bits per heavy atom. The maximum atomic E-state index is 9.96. The maximum Gasteiger partial charge on any atom is 0.244 e. The minimum Gasteiger partial charge on any atom is -0.496 e. The van der Waals surface area contributed by atoms with Gasteiger partial charge in [-0.3, -0.25) is 5.10 Å². The van der Waals surface area contributed by atoms with Crippen molar-refractivity contribution < 1.29 is 18.9 Å². The molecule has 0 fully saturated rings. The lowest BCUT2D eigenvalue weighted by molar-refractivity contribution is 0.346. The lowest BCUT2D eigenvalue weighted by atomic mass is 9.82. The van der Waals surface area contributed by atoms with Gasteiger partial charge in [0.25, 0.3) is 0 Å². The van der Waals surface area contributed by atoms with Crippen LogP contribution >= 0.6 is 23.2 Å². The maximum absolute atomic E-state index is 9.96. The van der Waals surface area contributed by atoms with Crippen molar-refractivity contribution >= 4 is 23.2 Å². The predicted molar refractivity (Wildman–Crippen MR) is 119 cm³/mol. The molecule has 0 amide bonds. The molecule has 1 atom stereocenters. The molecule has 3 aromatic rings. The predicted octanol–water partition coefficient (Wildman–Crippen LogP) is 4.63. The van der Waals surface area contributed by atoms with Crippen molar-refractivity contribution in [2.24, 2.45) is 5.73 Å². The zero-order chi connectivity index (χ0) is 23.0. The van der Waals surface area contributed by atoms with E-state index in [1.807, 2.05) is 0 Å². The van der Waals surface area contributed by atoms with Gasteiger partial charge in [0.2, 0.25) is 11.8 Å². The summed E-state index contributed by atoms with van der Waals surface area (Å²) in [5.41, 5.74) is 8.81. The molecule has 1 aromatic heterocycles. The molecular weight excluding hydrogens is 455 g/mol. The number of nitriles is 1. The Kier molecular flexibility index (Phi) is 5.78. The van der Waals surface area contributed by atoms with Gasteiger partial charge < -0.3 is 24.7 Å². The summed E-state index contributed by atoms with van der Waals surface area (Å²) in [6.07, 6.45) is 0. The van der Waals surface area contributed by atoms with Gasteiger partial charge in [0.05, 0.1) is 48.5 Å². The fourth-order valence-electron chi connectivity index (χ4n) is 3.71. The monoisotopic (exact) mass is 472 g/mol. The van der Waals surface area contributed by atoms with Crippen molar-refractivity contribution in [2.75, 3.05) is 21.3 Å². The molecule has 0 saturated carbocycles. The molecular formula is C22H18Cl2N4O4. The highest BCUT2D eigenvalue weighted by atomic mass is 35.5. The molecule has 0 radical (unpaired) electrons. The Labute approximate surface area is 194 Å². The van der Waals surface area contributed by atoms with E-state index in [-0.39, 0.29) is 17.3 Å². The van der Waals surface area contributed by atoms with Crippen molar-refractivity contribution in [1.82, 2.24) is 10.2 Å². The third-order valence-corrected chi connectivity index (χ3v) is 5.93. The second-order valence-electron chi connectivity index (χ2n) is 6.82. The van der Waals surface area contributed by atoms with E-state index in [2.05, 4.69) is 16.3 Å². The number of aromatic nitrogens is 2. The number of hydrogen-bond donors (Lipinski definition) is 2. The summed E-state index contributed by atoms with van der Waals surface area (Å²) in [4.78, 5) is 0. The molecule has 32 heavy (non-hydrogen) atoms. The van der Waals surface area contributed by atoms with Crippen molar-refractivity contribution in [3.8, 4) is 40.5 Å². The van der Waals surface area contributed by atoms with Crippen LogP contribution in [0.4, 0.5) is 0 Å². The minimum absolute atomic E-state index is 0.0472.